The molecule has 0 saturated carbocycles. The lowest BCUT2D eigenvalue weighted by Crippen LogP contribution is -2.17. The number of aromatic nitrogens is 1. The molecule has 0 amide bonds. The van der Waals surface area contributed by atoms with Crippen LogP contribution in [0.5, 0.6) is 5.75 Å². The lowest BCUT2D eigenvalue weighted by molar-refractivity contribution is -0.274. The molecule has 0 bridgehead atoms. The SMILES string of the molecule is C[C@H](Nc1ncccc1C#N)c1ccc(OC(F)(F)F)cc1. The van der Waals surface area contributed by atoms with Crippen LogP contribution in [0, 0.1) is 11.3 Å². The minimum atomic E-state index is -4.71. The molecule has 4 nitrogen and oxygen atoms in total. The molecule has 0 aliphatic heterocycles. The van der Waals surface area contributed by atoms with Crippen molar-refractivity contribution in [2.24, 2.45) is 0 Å². The van der Waals surface area contributed by atoms with Gasteiger partial charge in [0.05, 0.1) is 5.56 Å². The standard InChI is InChI=1S/C15H12F3N3O/c1-10(21-14-12(9-19)3-2-8-20-14)11-4-6-13(7-5-11)22-15(16,17)18/h2-8,10H,1H3,(H,20,21)/t10-/m0/s1. The Hall–Kier alpha value is -2.75. The number of benzene rings is 1. The van der Waals surface area contributed by atoms with Crippen molar-refractivity contribution in [3.8, 4) is 11.8 Å². The van der Waals surface area contributed by atoms with Crippen LogP contribution >= 0.6 is 0 Å². The third kappa shape index (κ3) is 4.12. The maximum atomic E-state index is 12.1. The number of rotatable bonds is 4. The number of hydrogen-bond acceptors (Lipinski definition) is 4. The van der Waals surface area contributed by atoms with Crippen molar-refractivity contribution in [3.63, 3.8) is 0 Å². The van der Waals surface area contributed by atoms with Crippen molar-refractivity contribution in [1.29, 1.82) is 5.26 Å². The van der Waals surface area contributed by atoms with Crippen LogP contribution in [0.2, 0.25) is 0 Å². The Bertz CT molecular complexity index is 678. The summed E-state index contributed by atoms with van der Waals surface area (Å²) in [7, 11) is 0. The molecule has 1 heterocycles. The van der Waals surface area contributed by atoms with Gasteiger partial charge in [0, 0.05) is 12.2 Å². The van der Waals surface area contributed by atoms with Gasteiger partial charge in [-0.1, -0.05) is 12.1 Å². The summed E-state index contributed by atoms with van der Waals surface area (Å²) >= 11 is 0. The normalized spacial score (nSPS) is 12.3. The molecule has 0 unspecified atom stereocenters. The van der Waals surface area contributed by atoms with Gasteiger partial charge in [-0.15, -0.1) is 13.2 Å². The predicted molar refractivity (Wildman–Crippen MR) is 74.1 cm³/mol. The maximum absolute atomic E-state index is 12.1. The largest absolute Gasteiger partial charge is 0.573 e. The molecule has 0 fully saturated rings. The lowest BCUT2D eigenvalue weighted by Gasteiger charge is -2.16. The number of nitrogens with zero attached hydrogens (tertiary/aromatic N) is 2. The number of halogens is 3. The molecule has 1 atom stereocenters. The number of nitrogens with one attached hydrogen (secondary N) is 1. The molecular weight excluding hydrogens is 295 g/mol. The molecular formula is C15H12F3N3O. The van der Waals surface area contributed by atoms with Gasteiger partial charge in [0.2, 0.25) is 0 Å². The molecule has 1 aromatic carbocycles. The van der Waals surface area contributed by atoms with E-state index in [1.807, 2.05) is 13.0 Å². The zero-order valence-corrected chi connectivity index (χ0v) is 11.6. The second-order valence-corrected chi connectivity index (χ2v) is 4.49. The number of anilines is 1. The van der Waals surface area contributed by atoms with Gasteiger partial charge in [-0.05, 0) is 36.8 Å². The summed E-state index contributed by atoms with van der Waals surface area (Å²) in [5, 5.41) is 12.0. The highest BCUT2D eigenvalue weighted by Gasteiger charge is 2.31. The Labute approximate surface area is 125 Å². The Morgan fingerprint density at radius 1 is 1.23 bits per heavy atom. The molecule has 0 radical (unpaired) electrons. The summed E-state index contributed by atoms with van der Waals surface area (Å²) in [6, 6.07) is 10.6. The van der Waals surface area contributed by atoms with E-state index in [-0.39, 0.29) is 11.8 Å². The number of pyridine rings is 1. The average molecular weight is 307 g/mol. The first kappa shape index (κ1) is 15.6. The van der Waals surface area contributed by atoms with Crippen molar-refractivity contribution >= 4 is 5.82 Å². The average Bonchev–Trinajstić information content (AvgIpc) is 2.47. The summed E-state index contributed by atoms with van der Waals surface area (Å²) in [6.45, 7) is 1.81. The topological polar surface area (TPSA) is 57.9 Å². The van der Waals surface area contributed by atoms with E-state index in [9.17, 15) is 13.2 Å². The second kappa shape index (κ2) is 6.35. The van der Waals surface area contributed by atoms with Crippen molar-refractivity contribution in [3.05, 3.63) is 53.7 Å². The molecule has 0 aliphatic rings. The molecule has 0 spiro atoms. The maximum Gasteiger partial charge on any atom is 0.573 e. The van der Waals surface area contributed by atoms with E-state index in [1.54, 1.807) is 18.3 Å². The third-order valence-electron chi connectivity index (χ3n) is 2.90. The number of ether oxygens (including phenoxy) is 1. The molecule has 1 N–H and O–H groups in total. The van der Waals surface area contributed by atoms with Crippen LogP contribution in [0.4, 0.5) is 19.0 Å². The highest BCUT2D eigenvalue weighted by atomic mass is 19.4. The van der Waals surface area contributed by atoms with Crippen LogP contribution in [0.1, 0.15) is 24.1 Å². The van der Waals surface area contributed by atoms with Gasteiger partial charge in [-0.3, -0.25) is 0 Å². The summed E-state index contributed by atoms with van der Waals surface area (Å²) < 4.78 is 40.1. The van der Waals surface area contributed by atoms with Gasteiger partial charge in [0.25, 0.3) is 0 Å². The number of alkyl halides is 3. The molecule has 2 aromatic rings. The van der Waals surface area contributed by atoms with E-state index in [4.69, 9.17) is 5.26 Å². The van der Waals surface area contributed by atoms with Crippen LogP contribution in [0.25, 0.3) is 0 Å². The second-order valence-electron chi connectivity index (χ2n) is 4.49. The Kier molecular flexibility index (Phi) is 4.51. The number of hydrogen-bond donors (Lipinski definition) is 1. The Morgan fingerprint density at radius 3 is 2.50 bits per heavy atom. The fraction of sp³-hybridized carbons (Fsp3) is 0.200. The minimum Gasteiger partial charge on any atom is -0.406 e. The zero-order chi connectivity index (χ0) is 16.2. The van der Waals surface area contributed by atoms with E-state index in [2.05, 4.69) is 15.0 Å². The van der Waals surface area contributed by atoms with Crippen LogP contribution in [0.15, 0.2) is 42.6 Å². The molecule has 114 valence electrons. The summed E-state index contributed by atoms with van der Waals surface area (Å²) in [5.74, 6) is 0.145. The van der Waals surface area contributed by atoms with Crippen molar-refractivity contribution in [2.75, 3.05) is 5.32 Å². The van der Waals surface area contributed by atoms with Gasteiger partial charge in [-0.2, -0.15) is 5.26 Å². The first-order chi connectivity index (χ1) is 10.4. The lowest BCUT2D eigenvalue weighted by atomic mass is 10.1. The minimum absolute atomic E-state index is 0.234. The van der Waals surface area contributed by atoms with Gasteiger partial charge < -0.3 is 10.1 Å². The van der Waals surface area contributed by atoms with Crippen LogP contribution in [-0.2, 0) is 0 Å². The van der Waals surface area contributed by atoms with E-state index in [1.165, 1.54) is 24.3 Å². The van der Waals surface area contributed by atoms with Crippen LogP contribution < -0.4 is 10.1 Å². The van der Waals surface area contributed by atoms with Crippen LogP contribution in [-0.4, -0.2) is 11.3 Å². The monoisotopic (exact) mass is 307 g/mol. The highest BCUT2D eigenvalue weighted by molar-refractivity contribution is 5.52. The zero-order valence-electron chi connectivity index (χ0n) is 11.6. The molecule has 2 rings (SSSR count). The van der Waals surface area contributed by atoms with E-state index in [0.29, 0.717) is 11.4 Å². The Morgan fingerprint density at radius 2 is 1.91 bits per heavy atom. The van der Waals surface area contributed by atoms with Gasteiger partial charge in [0.1, 0.15) is 17.6 Å². The summed E-state index contributed by atoms with van der Waals surface area (Å²) in [6.07, 6.45) is -3.16. The van der Waals surface area contributed by atoms with Crippen molar-refractivity contribution in [2.45, 2.75) is 19.3 Å². The van der Waals surface area contributed by atoms with E-state index < -0.39 is 6.36 Å². The van der Waals surface area contributed by atoms with E-state index >= 15 is 0 Å². The third-order valence-corrected chi connectivity index (χ3v) is 2.90. The van der Waals surface area contributed by atoms with Crippen LogP contribution in [0.3, 0.4) is 0 Å². The molecule has 1 aromatic heterocycles. The van der Waals surface area contributed by atoms with Gasteiger partial charge in [0.15, 0.2) is 0 Å². The quantitative estimate of drug-likeness (QED) is 0.926. The fourth-order valence-corrected chi connectivity index (χ4v) is 1.86. The summed E-state index contributed by atoms with van der Waals surface area (Å²) in [5.41, 5.74) is 1.13. The summed E-state index contributed by atoms with van der Waals surface area (Å²) in [4.78, 5) is 4.07. The smallest absolute Gasteiger partial charge is 0.406 e. The molecule has 7 heteroatoms. The first-order valence-electron chi connectivity index (χ1n) is 6.36. The van der Waals surface area contributed by atoms with Crippen molar-refractivity contribution in [1.82, 2.24) is 4.98 Å². The highest BCUT2D eigenvalue weighted by Crippen LogP contribution is 2.25. The first-order valence-corrected chi connectivity index (χ1v) is 6.36. The number of nitriles is 1. The molecule has 22 heavy (non-hydrogen) atoms. The van der Waals surface area contributed by atoms with Gasteiger partial charge >= 0.3 is 6.36 Å². The predicted octanol–water partition coefficient (Wildman–Crippen LogP) is 4.02. The Balaban J connectivity index is 2.10. The van der Waals surface area contributed by atoms with Crippen molar-refractivity contribution < 1.29 is 17.9 Å². The fourth-order valence-electron chi connectivity index (χ4n) is 1.86. The molecule has 0 saturated heterocycles. The van der Waals surface area contributed by atoms with Gasteiger partial charge in [-0.25, -0.2) is 4.98 Å². The molecule has 0 aliphatic carbocycles. The van der Waals surface area contributed by atoms with E-state index in [0.717, 1.165) is 5.56 Å².